The van der Waals surface area contributed by atoms with Gasteiger partial charge in [-0.05, 0) is 31.5 Å². The molecule has 0 aliphatic heterocycles. The van der Waals surface area contributed by atoms with Crippen LogP contribution in [0, 0.1) is 13.8 Å². The van der Waals surface area contributed by atoms with Gasteiger partial charge in [0.1, 0.15) is 5.76 Å². The summed E-state index contributed by atoms with van der Waals surface area (Å²) in [6.07, 6.45) is 0. The van der Waals surface area contributed by atoms with Crippen LogP contribution in [0.2, 0.25) is 5.02 Å². The van der Waals surface area contributed by atoms with E-state index in [-0.39, 0.29) is 10.7 Å². The summed E-state index contributed by atoms with van der Waals surface area (Å²) in [4.78, 5) is 0.121. The molecule has 0 radical (unpaired) electrons. The van der Waals surface area contributed by atoms with Crippen LogP contribution in [0.3, 0.4) is 0 Å². The van der Waals surface area contributed by atoms with Crippen LogP contribution in [0.25, 0.3) is 0 Å². The van der Waals surface area contributed by atoms with E-state index in [2.05, 4.69) is 9.88 Å². The summed E-state index contributed by atoms with van der Waals surface area (Å²) >= 11 is 5.90. The predicted octanol–water partition coefficient (Wildman–Crippen LogP) is 2.75. The van der Waals surface area contributed by atoms with Crippen LogP contribution < -0.4 is 4.72 Å². The second-order valence-corrected chi connectivity index (χ2v) is 5.85. The number of benzene rings is 1. The number of halogens is 1. The van der Waals surface area contributed by atoms with Crippen LogP contribution in [0.15, 0.2) is 33.7 Å². The summed E-state index contributed by atoms with van der Waals surface area (Å²) < 4.78 is 31.4. The summed E-state index contributed by atoms with van der Waals surface area (Å²) in [6, 6.07) is 6.20. The molecule has 1 N–H and O–H groups in total. The van der Waals surface area contributed by atoms with Gasteiger partial charge in [0, 0.05) is 11.1 Å². The number of aromatic nitrogens is 1. The molecular weight excluding hydrogens is 276 g/mol. The lowest BCUT2D eigenvalue weighted by Gasteiger charge is -2.08. The third kappa shape index (κ3) is 2.49. The molecule has 0 fully saturated rings. The summed E-state index contributed by atoms with van der Waals surface area (Å²) in [5, 5.41) is 3.98. The molecule has 96 valence electrons. The maximum absolute atomic E-state index is 12.1. The smallest absolute Gasteiger partial charge is 0.263 e. The zero-order valence-corrected chi connectivity index (χ0v) is 11.3. The van der Waals surface area contributed by atoms with E-state index in [1.165, 1.54) is 12.1 Å². The molecule has 1 heterocycles. The molecule has 0 amide bonds. The molecule has 0 atom stereocenters. The molecule has 18 heavy (non-hydrogen) atoms. The lowest BCUT2D eigenvalue weighted by molar-refractivity contribution is 0.400. The van der Waals surface area contributed by atoms with Gasteiger partial charge in [0.05, 0.1) is 4.90 Å². The Balaban J connectivity index is 2.40. The van der Waals surface area contributed by atoms with Crippen molar-refractivity contribution in [1.82, 2.24) is 5.16 Å². The number of anilines is 1. The molecule has 2 rings (SSSR count). The Morgan fingerprint density at radius 3 is 2.67 bits per heavy atom. The van der Waals surface area contributed by atoms with Gasteiger partial charge in [-0.3, -0.25) is 4.72 Å². The van der Waals surface area contributed by atoms with E-state index >= 15 is 0 Å². The van der Waals surface area contributed by atoms with Gasteiger partial charge >= 0.3 is 0 Å². The van der Waals surface area contributed by atoms with Crippen LogP contribution in [0.4, 0.5) is 5.82 Å². The molecule has 7 heteroatoms. The average Bonchev–Trinajstić information content (AvgIpc) is 2.67. The summed E-state index contributed by atoms with van der Waals surface area (Å²) in [5.41, 5.74) is 0.492. The Bertz CT molecular complexity index is 679. The number of aryl methyl sites for hydroxylation is 1. The Morgan fingerprint density at radius 2 is 2.06 bits per heavy atom. The third-order valence-corrected chi connectivity index (χ3v) is 4.28. The van der Waals surface area contributed by atoms with E-state index in [0.717, 1.165) is 0 Å². The van der Waals surface area contributed by atoms with Crippen LogP contribution >= 0.6 is 11.6 Å². The topological polar surface area (TPSA) is 72.2 Å². The van der Waals surface area contributed by atoms with Gasteiger partial charge in [-0.2, -0.15) is 0 Å². The van der Waals surface area contributed by atoms with E-state index in [1.54, 1.807) is 26.0 Å². The summed E-state index contributed by atoms with van der Waals surface area (Å²) in [7, 11) is -3.71. The molecule has 0 saturated heterocycles. The molecule has 0 aliphatic carbocycles. The van der Waals surface area contributed by atoms with Crippen molar-refractivity contribution in [3.63, 3.8) is 0 Å². The zero-order valence-electron chi connectivity index (χ0n) is 9.77. The third-order valence-electron chi connectivity index (χ3n) is 2.37. The standard InChI is InChI=1S/C11H11ClN2O3S/c1-7-6-11(13-17-7)14-18(15,16)10-5-3-4-9(12)8(10)2/h3-6H,1-2H3,(H,13,14). The number of hydrogen-bond acceptors (Lipinski definition) is 4. The minimum Gasteiger partial charge on any atom is -0.360 e. The first-order valence-electron chi connectivity index (χ1n) is 5.11. The number of sulfonamides is 1. The van der Waals surface area contributed by atoms with Crippen molar-refractivity contribution in [3.05, 3.63) is 40.6 Å². The summed E-state index contributed by atoms with van der Waals surface area (Å²) in [6.45, 7) is 3.32. The van der Waals surface area contributed by atoms with Crippen LogP contribution in [0.1, 0.15) is 11.3 Å². The minimum atomic E-state index is -3.71. The Labute approximate surface area is 110 Å². The zero-order chi connectivity index (χ0) is 13.3. The molecule has 0 bridgehead atoms. The van der Waals surface area contributed by atoms with Crippen molar-refractivity contribution in [3.8, 4) is 0 Å². The van der Waals surface area contributed by atoms with Crippen molar-refractivity contribution in [1.29, 1.82) is 0 Å². The fraction of sp³-hybridized carbons (Fsp3) is 0.182. The number of nitrogens with zero attached hydrogens (tertiary/aromatic N) is 1. The SMILES string of the molecule is Cc1cc(NS(=O)(=O)c2cccc(Cl)c2C)no1. The molecule has 1 aromatic carbocycles. The second-order valence-electron chi connectivity index (χ2n) is 3.79. The Kier molecular flexibility index (Phi) is 3.32. The van der Waals surface area contributed by atoms with Gasteiger partial charge < -0.3 is 4.52 Å². The van der Waals surface area contributed by atoms with Gasteiger partial charge in [0.2, 0.25) is 0 Å². The van der Waals surface area contributed by atoms with Crippen molar-refractivity contribution in [2.45, 2.75) is 18.7 Å². The van der Waals surface area contributed by atoms with Gasteiger partial charge in [-0.1, -0.05) is 22.8 Å². The first kappa shape index (κ1) is 12.9. The monoisotopic (exact) mass is 286 g/mol. The quantitative estimate of drug-likeness (QED) is 0.941. The first-order chi connectivity index (χ1) is 8.40. The van der Waals surface area contributed by atoms with Gasteiger partial charge in [0.15, 0.2) is 5.82 Å². The highest BCUT2D eigenvalue weighted by Gasteiger charge is 2.19. The number of hydrogen-bond donors (Lipinski definition) is 1. The molecule has 0 unspecified atom stereocenters. The lowest BCUT2D eigenvalue weighted by Crippen LogP contribution is -2.14. The normalized spacial score (nSPS) is 11.5. The van der Waals surface area contributed by atoms with Crippen LogP contribution in [-0.4, -0.2) is 13.6 Å². The predicted molar refractivity (Wildman–Crippen MR) is 68.2 cm³/mol. The maximum atomic E-state index is 12.1. The minimum absolute atomic E-state index is 0.121. The first-order valence-corrected chi connectivity index (χ1v) is 6.97. The van der Waals surface area contributed by atoms with Crippen molar-refractivity contribution < 1.29 is 12.9 Å². The van der Waals surface area contributed by atoms with E-state index < -0.39 is 10.0 Å². The van der Waals surface area contributed by atoms with Crippen LogP contribution in [0.5, 0.6) is 0 Å². The molecule has 0 spiro atoms. The Morgan fingerprint density at radius 1 is 1.33 bits per heavy atom. The average molecular weight is 287 g/mol. The summed E-state index contributed by atoms with van der Waals surface area (Å²) in [5.74, 6) is 0.669. The molecule has 2 aromatic rings. The van der Waals surface area contributed by atoms with Crippen molar-refractivity contribution in [2.24, 2.45) is 0 Å². The van der Waals surface area contributed by atoms with Crippen LogP contribution in [-0.2, 0) is 10.0 Å². The highest BCUT2D eigenvalue weighted by atomic mass is 35.5. The highest BCUT2D eigenvalue weighted by molar-refractivity contribution is 7.92. The fourth-order valence-electron chi connectivity index (χ4n) is 1.49. The second kappa shape index (κ2) is 4.62. The van der Waals surface area contributed by atoms with E-state index in [0.29, 0.717) is 16.3 Å². The van der Waals surface area contributed by atoms with Crippen molar-refractivity contribution in [2.75, 3.05) is 4.72 Å². The number of nitrogens with one attached hydrogen (secondary N) is 1. The highest BCUT2D eigenvalue weighted by Crippen LogP contribution is 2.24. The van der Waals surface area contributed by atoms with E-state index in [4.69, 9.17) is 16.1 Å². The Hall–Kier alpha value is -1.53. The van der Waals surface area contributed by atoms with Gasteiger partial charge in [-0.25, -0.2) is 8.42 Å². The molecule has 5 nitrogen and oxygen atoms in total. The molecule has 0 aliphatic rings. The number of rotatable bonds is 3. The van der Waals surface area contributed by atoms with Crippen molar-refractivity contribution >= 4 is 27.4 Å². The van der Waals surface area contributed by atoms with Gasteiger partial charge in [-0.15, -0.1) is 0 Å². The fourth-order valence-corrected chi connectivity index (χ4v) is 2.97. The molecule has 1 aromatic heterocycles. The van der Waals surface area contributed by atoms with E-state index in [9.17, 15) is 8.42 Å². The molecule has 0 saturated carbocycles. The maximum Gasteiger partial charge on any atom is 0.263 e. The lowest BCUT2D eigenvalue weighted by atomic mass is 10.2. The van der Waals surface area contributed by atoms with E-state index in [1.807, 2.05) is 0 Å². The largest absolute Gasteiger partial charge is 0.360 e. The van der Waals surface area contributed by atoms with Gasteiger partial charge in [0.25, 0.3) is 10.0 Å². The molecular formula is C11H11ClN2O3S.